The monoisotopic (exact) mass is 319 g/mol. The number of nitro benzene ring substituents is 1. The van der Waals surface area contributed by atoms with Crippen molar-refractivity contribution in [2.75, 3.05) is 7.11 Å². The van der Waals surface area contributed by atoms with Gasteiger partial charge < -0.3 is 9.15 Å². The molecule has 0 atom stereocenters. The molecule has 0 bridgehead atoms. The van der Waals surface area contributed by atoms with E-state index in [1.165, 1.54) is 43.3 Å². The van der Waals surface area contributed by atoms with Gasteiger partial charge in [0, 0.05) is 4.90 Å². The standard InChI is InChI=1S/C15H10FNO4S/c1-20-14-8-21-13-7-12(17(18)19)15(6-11(13)14)22-10-4-2-9(16)3-5-10/h2-8H,1H3. The molecule has 3 rings (SSSR count). The molecule has 2 aromatic carbocycles. The summed E-state index contributed by atoms with van der Waals surface area (Å²) in [5, 5.41) is 11.9. The molecule has 1 aromatic heterocycles. The zero-order chi connectivity index (χ0) is 15.7. The number of nitro groups is 1. The topological polar surface area (TPSA) is 65.5 Å². The van der Waals surface area contributed by atoms with Gasteiger partial charge in [-0.1, -0.05) is 11.8 Å². The van der Waals surface area contributed by atoms with Crippen LogP contribution in [0.2, 0.25) is 0 Å². The zero-order valence-corrected chi connectivity index (χ0v) is 12.2. The Labute approximate surface area is 128 Å². The van der Waals surface area contributed by atoms with Gasteiger partial charge in [0.1, 0.15) is 17.7 Å². The van der Waals surface area contributed by atoms with Crippen LogP contribution in [-0.4, -0.2) is 12.0 Å². The van der Waals surface area contributed by atoms with Gasteiger partial charge in [-0.2, -0.15) is 0 Å². The quantitative estimate of drug-likeness (QED) is 0.518. The third kappa shape index (κ3) is 2.62. The summed E-state index contributed by atoms with van der Waals surface area (Å²) in [7, 11) is 1.50. The summed E-state index contributed by atoms with van der Waals surface area (Å²) < 4.78 is 23.4. The second kappa shape index (κ2) is 5.69. The lowest BCUT2D eigenvalue weighted by Crippen LogP contribution is -1.91. The SMILES string of the molecule is COc1coc2cc([N+](=O)[O-])c(Sc3ccc(F)cc3)cc12. The largest absolute Gasteiger partial charge is 0.493 e. The van der Waals surface area contributed by atoms with E-state index < -0.39 is 4.92 Å². The number of hydrogen-bond donors (Lipinski definition) is 0. The highest BCUT2D eigenvalue weighted by atomic mass is 32.2. The van der Waals surface area contributed by atoms with Crippen LogP contribution in [-0.2, 0) is 0 Å². The van der Waals surface area contributed by atoms with Crippen molar-refractivity contribution in [1.82, 2.24) is 0 Å². The molecule has 3 aromatic rings. The summed E-state index contributed by atoms with van der Waals surface area (Å²) in [5.41, 5.74) is 0.311. The number of rotatable bonds is 4. The van der Waals surface area contributed by atoms with Crippen LogP contribution in [0.3, 0.4) is 0 Å². The molecule has 0 saturated carbocycles. The Balaban J connectivity index is 2.10. The van der Waals surface area contributed by atoms with E-state index in [1.54, 1.807) is 18.2 Å². The van der Waals surface area contributed by atoms with Gasteiger partial charge in [-0.25, -0.2) is 4.39 Å². The first-order valence-corrected chi connectivity index (χ1v) is 7.07. The van der Waals surface area contributed by atoms with Crippen molar-refractivity contribution in [3.63, 3.8) is 0 Å². The molecule has 5 nitrogen and oxygen atoms in total. The number of benzene rings is 2. The highest BCUT2D eigenvalue weighted by molar-refractivity contribution is 7.99. The Morgan fingerprint density at radius 2 is 2.00 bits per heavy atom. The van der Waals surface area contributed by atoms with Gasteiger partial charge in [-0.15, -0.1) is 0 Å². The minimum absolute atomic E-state index is 0.0705. The average molecular weight is 319 g/mol. The van der Waals surface area contributed by atoms with Gasteiger partial charge in [-0.3, -0.25) is 10.1 Å². The molecule has 0 aliphatic carbocycles. The lowest BCUT2D eigenvalue weighted by Gasteiger charge is -2.04. The van der Waals surface area contributed by atoms with Crippen LogP contribution in [0.1, 0.15) is 0 Å². The van der Waals surface area contributed by atoms with Crippen molar-refractivity contribution < 1.29 is 18.5 Å². The van der Waals surface area contributed by atoms with Crippen LogP contribution < -0.4 is 4.74 Å². The lowest BCUT2D eigenvalue weighted by molar-refractivity contribution is -0.387. The molecule has 0 unspecified atom stereocenters. The van der Waals surface area contributed by atoms with Crippen LogP contribution in [0.15, 0.2) is 56.9 Å². The molecule has 1 heterocycles. The molecule has 0 radical (unpaired) electrons. The highest BCUT2D eigenvalue weighted by Gasteiger charge is 2.20. The van der Waals surface area contributed by atoms with Gasteiger partial charge in [0.25, 0.3) is 5.69 Å². The van der Waals surface area contributed by atoms with Crippen LogP contribution in [0.5, 0.6) is 5.75 Å². The third-order valence-corrected chi connectivity index (χ3v) is 4.13. The van der Waals surface area contributed by atoms with E-state index in [9.17, 15) is 14.5 Å². The molecule has 112 valence electrons. The van der Waals surface area contributed by atoms with Gasteiger partial charge in [0.05, 0.1) is 28.4 Å². The van der Waals surface area contributed by atoms with Crippen molar-refractivity contribution in [2.24, 2.45) is 0 Å². The maximum atomic E-state index is 13.0. The predicted molar refractivity (Wildman–Crippen MR) is 79.9 cm³/mol. The van der Waals surface area contributed by atoms with Gasteiger partial charge in [0.15, 0.2) is 5.75 Å². The Morgan fingerprint density at radius 3 is 2.64 bits per heavy atom. The number of fused-ring (bicyclic) bond motifs is 1. The summed E-state index contributed by atoms with van der Waals surface area (Å²) in [4.78, 5) is 11.9. The summed E-state index contributed by atoms with van der Waals surface area (Å²) >= 11 is 1.18. The summed E-state index contributed by atoms with van der Waals surface area (Å²) in [6.07, 6.45) is 1.40. The first-order valence-electron chi connectivity index (χ1n) is 6.25. The van der Waals surface area contributed by atoms with Crippen molar-refractivity contribution in [3.05, 3.63) is 58.6 Å². The second-order valence-corrected chi connectivity index (χ2v) is 5.55. The Bertz CT molecular complexity index is 845. The molecule has 0 fully saturated rings. The Hall–Kier alpha value is -2.54. The van der Waals surface area contributed by atoms with Crippen molar-refractivity contribution in [3.8, 4) is 5.75 Å². The Morgan fingerprint density at radius 1 is 1.27 bits per heavy atom. The molecule has 0 amide bonds. The number of halogens is 1. The number of hydrogen-bond acceptors (Lipinski definition) is 5. The third-order valence-electron chi connectivity index (χ3n) is 3.08. The summed E-state index contributed by atoms with van der Waals surface area (Å²) in [6, 6.07) is 8.77. The van der Waals surface area contributed by atoms with Gasteiger partial charge >= 0.3 is 0 Å². The first kappa shape index (κ1) is 14.4. The number of furan rings is 1. The molecule has 0 aliphatic heterocycles. The molecule has 7 heteroatoms. The molecule has 0 spiro atoms. The van der Waals surface area contributed by atoms with Crippen molar-refractivity contribution in [2.45, 2.75) is 9.79 Å². The van der Waals surface area contributed by atoms with E-state index in [1.807, 2.05) is 0 Å². The van der Waals surface area contributed by atoms with Gasteiger partial charge in [-0.05, 0) is 30.3 Å². The first-order chi connectivity index (χ1) is 10.6. The molecule has 0 saturated heterocycles. The maximum Gasteiger partial charge on any atom is 0.287 e. The molecule has 0 aliphatic rings. The smallest absolute Gasteiger partial charge is 0.287 e. The van der Waals surface area contributed by atoms with Crippen LogP contribution in [0.4, 0.5) is 10.1 Å². The maximum absolute atomic E-state index is 13.0. The summed E-state index contributed by atoms with van der Waals surface area (Å²) in [6.45, 7) is 0. The van der Waals surface area contributed by atoms with E-state index in [0.717, 1.165) is 0 Å². The van der Waals surface area contributed by atoms with E-state index in [0.29, 0.717) is 26.5 Å². The van der Waals surface area contributed by atoms with E-state index in [-0.39, 0.29) is 11.5 Å². The zero-order valence-electron chi connectivity index (χ0n) is 11.4. The van der Waals surface area contributed by atoms with Gasteiger partial charge in [0.2, 0.25) is 0 Å². The lowest BCUT2D eigenvalue weighted by atomic mass is 10.2. The summed E-state index contributed by atoms with van der Waals surface area (Å²) in [5.74, 6) is 0.150. The average Bonchev–Trinajstić information content (AvgIpc) is 2.90. The fourth-order valence-electron chi connectivity index (χ4n) is 2.03. The predicted octanol–water partition coefficient (Wildman–Crippen LogP) is 4.64. The fourth-order valence-corrected chi connectivity index (χ4v) is 2.97. The van der Waals surface area contributed by atoms with E-state index in [2.05, 4.69) is 0 Å². The van der Waals surface area contributed by atoms with Crippen LogP contribution >= 0.6 is 11.8 Å². The fraction of sp³-hybridized carbons (Fsp3) is 0.0667. The second-order valence-electron chi connectivity index (χ2n) is 4.43. The highest BCUT2D eigenvalue weighted by Crippen LogP contribution is 2.40. The van der Waals surface area contributed by atoms with E-state index in [4.69, 9.17) is 9.15 Å². The molecular weight excluding hydrogens is 309 g/mol. The minimum Gasteiger partial charge on any atom is -0.493 e. The minimum atomic E-state index is -0.472. The van der Waals surface area contributed by atoms with Crippen LogP contribution in [0.25, 0.3) is 11.0 Å². The Kier molecular flexibility index (Phi) is 3.72. The molecule has 22 heavy (non-hydrogen) atoms. The van der Waals surface area contributed by atoms with E-state index >= 15 is 0 Å². The normalized spacial score (nSPS) is 10.8. The molecular formula is C15H10FNO4S. The van der Waals surface area contributed by atoms with Crippen molar-refractivity contribution >= 4 is 28.4 Å². The number of ether oxygens (including phenoxy) is 1. The number of nitrogens with zero attached hydrogens (tertiary/aromatic N) is 1. The van der Waals surface area contributed by atoms with Crippen molar-refractivity contribution in [1.29, 1.82) is 0 Å². The number of methoxy groups -OCH3 is 1. The molecule has 0 N–H and O–H groups in total. The van der Waals surface area contributed by atoms with Crippen LogP contribution in [0, 0.1) is 15.9 Å².